The van der Waals surface area contributed by atoms with Gasteiger partial charge < -0.3 is 15.5 Å². The summed E-state index contributed by atoms with van der Waals surface area (Å²) in [5.74, 6) is -0.323. The number of carbonyl (C=O) groups is 2. The maximum Gasteiger partial charge on any atom is 0.339 e. The van der Waals surface area contributed by atoms with E-state index in [1.807, 2.05) is 0 Å². The zero-order chi connectivity index (χ0) is 22.4. The molecular formula is C21H26N4O6. The molecule has 2 aliphatic carbocycles. The van der Waals surface area contributed by atoms with E-state index in [4.69, 9.17) is 5.11 Å². The van der Waals surface area contributed by atoms with Crippen LogP contribution in [0.25, 0.3) is 0 Å². The van der Waals surface area contributed by atoms with Crippen LogP contribution in [0.2, 0.25) is 0 Å². The highest BCUT2D eigenvalue weighted by molar-refractivity contribution is 5.89. The Morgan fingerprint density at radius 2 is 2.00 bits per heavy atom. The maximum atomic E-state index is 12.0. The molecule has 0 bridgehead atoms. The summed E-state index contributed by atoms with van der Waals surface area (Å²) in [4.78, 5) is 32.7. The highest BCUT2D eigenvalue weighted by Crippen LogP contribution is 2.49. The first-order valence-corrected chi connectivity index (χ1v) is 10.3. The number of hydrogen-bond donors (Lipinski definition) is 4. The number of aliphatic hydroxyl groups excluding tert-OH is 1. The van der Waals surface area contributed by atoms with Crippen LogP contribution in [0.15, 0.2) is 41.0 Å². The molecule has 0 unspecified atom stereocenters. The number of rotatable bonds is 8. The van der Waals surface area contributed by atoms with E-state index in [0.29, 0.717) is 24.4 Å². The fraction of sp³-hybridized carbons (Fsp3) is 0.476. The summed E-state index contributed by atoms with van der Waals surface area (Å²) < 4.78 is 0. The molecule has 1 aromatic rings. The number of nitro benzene ring substituents is 1. The van der Waals surface area contributed by atoms with E-state index in [1.165, 1.54) is 29.8 Å². The molecule has 31 heavy (non-hydrogen) atoms. The average molecular weight is 430 g/mol. The van der Waals surface area contributed by atoms with Gasteiger partial charge in [-0.3, -0.25) is 14.9 Å². The van der Waals surface area contributed by atoms with E-state index in [0.717, 1.165) is 19.3 Å². The standard InChI is InChI=1S/C21H26N4O6/c26-19-11-14-9-13(3-1-2-4-20(27)28)10-17(14)18(19)12-22-24-21(29)23-15-5-7-16(8-6-15)25(30)31/h3,5-8,12,14,17-19,26H,1-2,4,9-11H2,(H,27,28)(H2,23,24,29)/b13-3+,22-12+/t14-,17-,18+,19+/m0/s1. The van der Waals surface area contributed by atoms with E-state index < -0.39 is 23.0 Å². The van der Waals surface area contributed by atoms with Crippen molar-refractivity contribution in [3.8, 4) is 0 Å². The van der Waals surface area contributed by atoms with Gasteiger partial charge >= 0.3 is 12.0 Å². The van der Waals surface area contributed by atoms with Gasteiger partial charge in [0.25, 0.3) is 5.69 Å². The molecule has 2 fully saturated rings. The van der Waals surface area contributed by atoms with Crippen LogP contribution in [0.5, 0.6) is 0 Å². The number of nitro groups is 1. The Labute approximate surface area is 179 Å². The van der Waals surface area contributed by atoms with Gasteiger partial charge in [0.1, 0.15) is 0 Å². The molecule has 10 heteroatoms. The van der Waals surface area contributed by atoms with E-state index >= 15 is 0 Å². The minimum absolute atomic E-state index is 0.0689. The minimum atomic E-state index is -0.786. The SMILES string of the molecule is O=C(O)CCC/C=C1\C[C@H]2C[C@@H](O)[C@H](/C=N/NC(=O)Nc3ccc([N+](=O)[O-])cc3)[C@H]2C1. The molecule has 0 radical (unpaired) electrons. The van der Waals surface area contributed by atoms with Gasteiger partial charge in [0.2, 0.25) is 0 Å². The van der Waals surface area contributed by atoms with Gasteiger partial charge in [-0.1, -0.05) is 11.6 Å². The predicted octanol–water partition coefficient (Wildman–Crippen LogP) is 3.29. The minimum Gasteiger partial charge on any atom is -0.481 e. The molecule has 10 nitrogen and oxygen atoms in total. The Morgan fingerprint density at radius 1 is 1.26 bits per heavy atom. The first kappa shape index (κ1) is 22.4. The van der Waals surface area contributed by atoms with Crippen molar-refractivity contribution < 1.29 is 24.7 Å². The van der Waals surface area contributed by atoms with Crippen molar-refractivity contribution in [2.24, 2.45) is 22.9 Å². The number of aliphatic hydroxyl groups is 1. The summed E-state index contributed by atoms with van der Waals surface area (Å²) in [7, 11) is 0. The highest BCUT2D eigenvalue weighted by atomic mass is 16.6. The van der Waals surface area contributed by atoms with Gasteiger partial charge in [-0.05, 0) is 56.1 Å². The molecular weight excluding hydrogens is 404 g/mol. The van der Waals surface area contributed by atoms with Crippen LogP contribution in [0.1, 0.15) is 38.5 Å². The summed E-state index contributed by atoms with van der Waals surface area (Å²) >= 11 is 0. The van der Waals surface area contributed by atoms with Crippen LogP contribution in [0, 0.1) is 27.9 Å². The van der Waals surface area contributed by atoms with Gasteiger partial charge in [-0.15, -0.1) is 0 Å². The number of carboxylic acids is 1. The zero-order valence-electron chi connectivity index (χ0n) is 16.9. The lowest BCUT2D eigenvalue weighted by molar-refractivity contribution is -0.384. The largest absolute Gasteiger partial charge is 0.481 e. The normalized spacial score (nSPS) is 26.2. The van der Waals surface area contributed by atoms with Crippen molar-refractivity contribution in [3.63, 3.8) is 0 Å². The number of carboxylic acid groups (broad SMARTS) is 1. The van der Waals surface area contributed by atoms with Crippen LogP contribution >= 0.6 is 0 Å². The molecule has 0 saturated heterocycles. The number of unbranched alkanes of at least 4 members (excludes halogenated alkanes) is 1. The van der Waals surface area contributed by atoms with Crippen LogP contribution < -0.4 is 10.7 Å². The summed E-state index contributed by atoms with van der Waals surface area (Å²) in [5, 5.41) is 36.3. The number of hydrazone groups is 1. The van der Waals surface area contributed by atoms with Crippen LogP contribution in [-0.4, -0.2) is 39.5 Å². The summed E-state index contributed by atoms with van der Waals surface area (Å²) in [6, 6.07) is 4.85. The number of non-ortho nitro benzene ring substituents is 1. The topological polar surface area (TPSA) is 154 Å². The molecule has 4 atom stereocenters. The second-order valence-electron chi connectivity index (χ2n) is 8.01. The Morgan fingerprint density at radius 3 is 2.68 bits per heavy atom. The van der Waals surface area contributed by atoms with Gasteiger partial charge in [-0.25, -0.2) is 10.2 Å². The number of nitrogens with zero attached hydrogens (tertiary/aromatic N) is 2. The first-order valence-electron chi connectivity index (χ1n) is 10.3. The second kappa shape index (κ2) is 10.2. The third kappa shape index (κ3) is 6.11. The molecule has 2 saturated carbocycles. The number of nitrogens with one attached hydrogen (secondary N) is 2. The summed E-state index contributed by atoms with van der Waals surface area (Å²) in [6.07, 6.45) is 7.17. The maximum absolute atomic E-state index is 12.0. The number of carbonyl (C=O) groups excluding carboxylic acids is 1. The smallest absolute Gasteiger partial charge is 0.339 e. The molecule has 0 spiro atoms. The van der Waals surface area contributed by atoms with Crippen LogP contribution in [0.3, 0.4) is 0 Å². The van der Waals surface area contributed by atoms with E-state index in [-0.39, 0.29) is 23.9 Å². The first-order chi connectivity index (χ1) is 14.8. The van der Waals surface area contributed by atoms with Crippen LogP contribution in [-0.2, 0) is 4.79 Å². The Balaban J connectivity index is 1.48. The monoisotopic (exact) mass is 430 g/mol. The summed E-state index contributed by atoms with van der Waals surface area (Å²) in [6.45, 7) is 0. The summed E-state index contributed by atoms with van der Waals surface area (Å²) in [5.41, 5.74) is 3.99. The third-order valence-electron chi connectivity index (χ3n) is 5.89. The van der Waals surface area contributed by atoms with Crippen molar-refractivity contribution in [2.75, 3.05) is 5.32 Å². The number of anilines is 1. The van der Waals surface area contributed by atoms with Crippen molar-refractivity contribution in [1.82, 2.24) is 5.43 Å². The molecule has 0 heterocycles. The molecule has 4 N–H and O–H groups in total. The number of benzene rings is 1. The molecule has 3 rings (SSSR count). The molecule has 2 aliphatic rings. The van der Waals surface area contributed by atoms with Crippen molar-refractivity contribution in [2.45, 2.75) is 44.6 Å². The van der Waals surface area contributed by atoms with Gasteiger partial charge in [0.15, 0.2) is 0 Å². The number of allylic oxidation sites excluding steroid dienone is 2. The Kier molecular flexibility index (Phi) is 7.35. The molecule has 0 aliphatic heterocycles. The quantitative estimate of drug-likeness (QED) is 0.163. The number of amides is 2. The van der Waals surface area contributed by atoms with Crippen molar-refractivity contribution in [1.29, 1.82) is 0 Å². The number of aliphatic carboxylic acids is 1. The molecule has 0 aromatic heterocycles. The second-order valence-corrected chi connectivity index (χ2v) is 8.01. The number of fused-ring (bicyclic) bond motifs is 1. The van der Waals surface area contributed by atoms with E-state index in [1.54, 1.807) is 6.21 Å². The fourth-order valence-corrected chi connectivity index (χ4v) is 4.45. The van der Waals surface area contributed by atoms with Gasteiger partial charge in [0.05, 0.1) is 11.0 Å². The Hall–Kier alpha value is -3.27. The van der Waals surface area contributed by atoms with Gasteiger partial charge in [-0.2, -0.15) is 5.10 Å². The molecule has 1 aromatic carbocycles. The average Bonchev–Trinajstić information content (AvgIpc) is 3.23. The van der Waals surface area contributed by atoms with E-state index in [2.05, 4.69) is 21.9 Å². The number of hydrogen-bond acceptors (Lipinski definition) is 6. The molecule has 166 valence electrons. The molecule has 2 amide bonds. The lowest BCUT2D eigenvalue weighted by atomic mass is 9.92. The zero-order valence-corrected chi connectivity index (χ0v) is 16.9. The van der Waals surface area contributed by atoms with Crippen LogP contribution in [0.4, 0.5) is 16.2 Å². The fourth-order valence-electron chi connectivity index (χ4n) is 4.45. The number of urea groups is 1. The van der Waals surface area contributed by atoms with E-state index in [9.17, 15) is 24.8 Å². The highest BCUT2D eigenvalue weighted by Gasteiger charge is 2.45. The predicted molar refractivity (Wildman–Crippen MR) is 114 cm³/mol. The third-order valence-corrected chi connectivity index (χ3v) is 5.89. The van der Waals surface area contributed by atoms with Gasteiger partial charge in [0, 0.05) is 36.4 Å². The lowest BCUT2D eigenvalue weighted by Gasteiger charge is -2.16. The Bertz CT molecular complexity index is 882. The lowest BCUT2D eigenvalue weighted by Crippen LogP contribution is -2.27. The van der Waals surface area contributed by atoms with Crippen molar-refractivity contribution in [3.05, 3.63) is 46.0 Å². The van der Waals surface area contributed by atoms with Crippen molar-refractivity contribution >= 4 is 29.6 Å².